The summed E-state index contributed by atoms with van der Waals surface area (Å²) in [5.41, 5.74) is 4.11. The number of nitrogens with zero attached hydrogens (tertiary/aromatic N) is 1. The Balaban J connectivity index is 1.75. The lowest BCUT2D eigenvalue weighted by molar-refractivity contribution is -0.764. The molecule has 1 aliphatic rings. The monoisotopic (exact) mass is 395 g/mol. The Labute approximate surface area is 166 Å². The number of hydrogen-bond donors (Lipinski definition) is 5. The van der Waals surface area contributed by atoms with E-state index in [9.17, 15) is 20.4 Å². The molecule has 0 amide bonds. The van der Waals surface area contributed by atoms with Gasteiger partial charge in [0.15, 0.2) is 18.5 Å². The molecule has 150 valence electrons. The Morgan fingerprint density at radius 2 is 1.83 bits per heavy atom. The molecule has 5 rings (SSSR count). The first-order valence-electron chi connectivity index (χ1n) is 9.61. The summed E-state index contributed by atoms with van der Waals surface area (Å²) in [5.74, 6) is 0.213. The second-order valence-electron chi connectivity index (χ2n) is 7.80. The molecule has 4 aromatic rings. The molecular formula is C22H23N2O5+. The van der Waals surface area contributed by atoms with Gasteiger partial charge in [0.2, 0.25) is 0 Å². The number of phenols is 1. The van der Waals surface area contributed by atoms with Crippen molar-refractivity contribution in [3.8, 4) is 5.75 Å². The zero-order chi connectivity index (χ0) is 20.4. The minimum atomic E-state index is -1.14. The number of aliphatic hydroxyl groups excluding tert-OH is 3. The van der Waals surface area contributed by atoms with Crippen molar-refractivity contribution in [3.63, 3.8) is 0 Å². The third-order valence-electron chi connectivity index (χ3n) is 6.13. The van der Waals surface area contributed by atoms with E-state index in [1.807, 2.05) is 31.5 Å². The Bertz CT molecular complexity index is 1260. The summed E-state index contributed by atoms with van der Waals surface area (Å²) in [6.07, 6.45) is -0.164. The van der Waals surface area contributed by atoms with Crippen LogP contribution in [0, 0.1) is 13.8 Å². The topological polar surface area (TPSA) is 110 Å². The highest BCUT2D eigenvalue weighted by atomic mass is 16.6. The SMILES string of the molecule is Cc1c2cc[n+]([C@@H]3O[C@H](CO)[C@H](O)[C@H]3O)cc2c(C)c2c1[nH]c1ccc(O)cc12. The number of aromatic amines is 1. The van der Waals surface area contributed by atoms with Crippen molar-refractivity contribution in [2.24, 2.45) is 0 Å². The lowest BCUT2D eigenvalue weighted by Crippen LogP contribution is -2.45. The normalized spacial score (nSPS) is 24.9. The predicted octanol–water partition coefficient (Wildman–Crippen LogP) is 1.70. The molecule has 0 aliphatic carbocycles. The van der Waals surface area contributed by atoms with Gasteiger partial charge >= 0.3 is 0 Å². The van der Waals surface area contributed by atoms with Crippen LogP contribution in [0.25, 0.3) is 32.6 Å². The van der Waals surface area contributed by atoms with E-state index >= 15 is 0 Å². The van der Waals surface area contributed by atoms with E-state index in [4.69, 9.17) is 4.74 Å². The van der Waals surface area contributed by atoms with Crippen molar-refractivity contribution in [1.29, 1.82) is 0 Å². The van der Waals surface area contributed by atoms with Crippen molar-refractivity contribution >= 4 is 32.6 Å². The number of aryl methyl sites for hydroxylation is 2. The Morgan fingerprint density at radius 1 is 1.03 bits per heavy atom. The van der Waals surface area contributed by atoms with Crippen LogP contribution in [0.3, 0.4) is 0 Å². The van der Waals surface area contributed by atoms with Gasteiger partial charge in [0.05, 0.1) is 12.1 Å². The number of nitrogens with one attached hydrogen (secondary N) is 1. The zero-order valence-electron chi connectivity index (χ0n) is 16.1. The molecule has 7 nitrogen and oxygen atoms in total. The van der Waals surface area contributed by atoms with Gasteiger partial charge in [-0.2, -0.15) is 4.57 Å². The van der Waals surface area contributed by atoms with E-state index in [0.29, 0.717) is 0 Å². The molecule has 2 aromatic heterocycles. The van der Waals surface area contributed by atoms with Crippen LogP contribution in [0.15, 0.2) is 36.7 Å². The van der Waals surface area contributed by atoms with E-state index in [1.165, 1.54) is 0 Å². The van der Waals surface area contributed by atoms with Crippen molar-refractivity contribution < 1.29 is 29.7 Å². The summed E-state index contributed by atoms with van der Waals surface area (Å²) in [7, 11) is 0. The number of benzene rings is 2. The van der Waals surface area contributed by atoms with Crippen molar-refractivity contribution in [2.45, 2.75) is 38.4 Å². The summed E-state index contributed by atoms with van der Waals surface area (Å²) in [4.78, 5) is 3.46. The van der Waals surface area contributed by atoms with E-state index < -0.39 is 24.5 Å². The van der Waals surface area contributed by atoms with Crippen LogP contribution >= 0.6 is 0 Å². The van der Waals surface area contributed by atoms with E-state index in [-0.39, 0.29) is 12.4 Å². The van der Waals surface area contributed by atoms with Crippen molar-refractivity contribution in [1.82, 2.24) is 4.98 Å². The number of aromatic hydroxyl groups is 1. The summed E-state index contributed by atoms with van der Waals surface area (Å²) in [6.45, 7) is 3.72. The van der Waals surface area contributed by atoms with Crippen LogP contribution in [0.4, 0.5) is 0 Å². The number of phenolic OH excluding ortho intramolecular Hbond substituents is 1. The van der Waals surface area contributed by atoms with Gasteiger partial charge in [0.1, 0.15) is 18.0 Å². The van der Waals surface area contributed by atoms with E-state index in [2.05, 4.69) is 11.9 Å². The molecule has 3 heterocycles. The fraction of sp³-hybridized carbons (Fsp3) is 0.318. The molecule has 7 heteroatoms. The van der Waals surface area contributed by atoms with E-state index in [1.54, 1.807) is 16.7 Å². The molecule has 0 radical (unpaired) electrons. The van der Waals surface area contributed by atoms with Crippen LogP contribution in [0.2, 0.25) is 0 Å². The highest BCUT2D eigenvalue weighted by molar-refractivity contribution is 6.16. The molecule has 4 atom stereocenters. The fourth-order valence-corrected chi connectivity index (χ4v) is 4.54. The summed E-state index contributed by atoms with van der Waals surface area (Å²) in [6, 6.07) is 7.26. The van der Waals surface area contributed by atoms with Gasteiger partial charge in [-0.05, 0) is 48.6 Å². The molecule has 1 saturated heterocycles. The number of ether oxygens (including phenoxy) is 1. The van der Waals surface area contributed by atoms with Gasteiger partial charge in [0.25, 0.3) is 6.23 Å². The van der Waals surface area contributed by atoms with Crippen LogP contribution < -0.4 is 4.57 Å². The van der Waals surface area contributed by atoms with Crippen LogP contribution in [-0.4, -0.2) is 50.3 Å². The smallest absolute Gasteiger partial charge is 0.292 e. The quantitative estimate of drug-likeness (QED) is 0.332. The maximum atomic E-state index is 10.4. The number of rotatable bonds is 2. The number of H-pyrrole nitrogens is 1. The summed E-state index contributed by atoms with van der Waals surface area (Å²) >= 11 is 0. The number of pyridine rings is 1. The first-order chi connectivity index (χ1) is 13.9. The summed E-state index contributed by atoms with van der Waals surface area (Å²) in [5, 5.41) is 43.8. The van der Waals surface area contributed by atoms with E-state index in [0.717, 1.165) is 43.7 Å². The average molecular weight is 395 g/mol. The van der Waals surface area contributed by atoms with Crippen LogP contribution in [0.5, 0.6) is 5.75 Å². The highest BCUT2D eigenvalue weighted by Gasteiger charge is 2.48. The first kappa shape index (κ1) is 18.3. The minimum Gasteiger partial charge on any atom is -0.508 e. The number of aliphatic hydroxyl groups is 3. The second kappa shape index (κ2) is 6.40. The lowest BCUT2D eigenvalue weighted by atomic mass is 9.97. The number of fused-ring (bicyclic) bond motifs is 4. The number of aromatic nitrogens is 2. The molecule has 1 aliphatic heterocycles. The molecule has 0 spiro atoms. The van der Waals surface area contributed by atoms with Gasteiger partial charge in [-0.15, -0.1) is 0 Å². The molecule has 29 heavy (non-hydrogen) atoms. The molecular weight excluding hydrogens is 372 g/mol. The second-order valence-corrected chi connectivity index (χ2v) is 7.80. The third-order valence-corrected chi connectivity index (χ3v) is 6.13. The average Bonchev–Trinajstić information content (AvgIpc) is 3.24. The summed E-state index contributed by atoms with van der Waals surface area (Å²) < 4.78 is 7.40. The zero-order valence-corrected chi connectivity index (χ0v) is 16.1. The van der Waals surface area contributed by atoms with Gasteiger partial charge in [0, 0.05) is 27.7 Å². The highest BCUT2D eigenvalue weighted by Crippen LogP contribution is 2.37. The molecule has 5 N–H and O–H groups in total. The van der Waals surface area contributed by atoms with Gasteiger partial charge in [-0.1, -0.05) is 0 Å². The third kappa shape index (κ3) is 2.55. The van der Waals surface area contributed by atoms with Gasteiger partial charge < -0.3 is 30.1 Å². The molecule has 2 aromatic carbocycles. The van der Waals surface area contributed by atoms with Gasteiger partial charge in [-0.3, -0.25) is 0 Å². The maximum absolute atomic E-state index is 10.4. The van der Waals surface area contributed by atoms with Gasteiger partial charge in [-0.25, -0.2) is 0 Å². The predicted molar refractivity (Wildman–Crippen MR) is 108 cm³/mol. The molecule has 1 fully saturated rings. The molecule has 0 unspecified atom stereocenters. The minimum absolute atomic E-state index is 0.213. The Kier molecular flexibility index (Phi) is 4.04. The number of hydrogen-bond acceptors (Lipinski definition) is 5. The Hall–Kier alpha value is -2.71. The molecule has 0 bridgehead atoms. The first-order valence-corrected chi connectivity index (χ1v) is 9.61. The Morgan fingerprint density at radius 3 is 2.55 bits per heavy atom. The largest absolute Gasteiger partial charge is 0.508 e. The standard InChI is InChI=1S/C22H22N2O5/c1-10-15-8-24(22-21(28)20(27)17(9-25)29-22)6-5-13(15)11(2)19-18(10)14-7-12(26)3-4-16(14)23-19/h3-8,17,20-22,25-28H,9H2,1-2H3/p+1/t17-,20+,21-,22-/m1/s1. The maximum Gasteiger partial charge on any atom is 0.292 e. The van der Waals surface area contributed by atoms with Crippen LogP contribution in [0.1, 0.15) is 17.4 Å². The van der Waals surface area contributed by atoms with Crippen molar-refractivity contribution in [3.05, 3.63) is 47.8 Å². The lowest BCUT2D eigenvalue weighted by Gasteiger charge is -2.12. The fourth-order valence-electron chi connectivity index (χ4n) is 4.54. The molecule has 0 saturated carbocycles. The van der Waals surface area contributed by atoms with Crippen LogP contribution in [-0.2, 0) is 4.74 Å². The van der Waals surface area contributed by atoms with Crippen molar-refractivity contribution in [2.75, 3.05) is 6.61 Å².